The lowest BCUT2D eigenvalue weighted by atomic mass is 10.0. The minimum Gasteiger partial charge on any atom is -0.339 e. The number of carbonyl (C=O) groups is 1. The molecule has 1 aromatic carbocycles. The average molecular weight is 458 g/mol. The van der Waals surface area contributed by atoms with Crippen LogP contribution in [0.5, 0.6) is 0 Å². The Morgan fingerprint density at radius 3 is 2.47 bits per heavy atom. The molecule has 0 N–H and O–H groups in total. The maximum absolute atomic E-state index is 13.0. The van der Waals surface area contributed by atoms with Crippen molar-refractivity contribution in [1.82, 2.24) is 29.0 Å². The molecule has 5 rings (SSSR count). The van der Waals surface area contributed by atoms with Crippen LogP contribution >= 0.6 is 0 Å². The number of benzene rings is 1. The topological polar surface area (TPSA) is 88.6 Å². The van der Waals surface area contributed by atoms with Crippen molar-refractivity contribution in [3.63, 3.8) is 0 Å². The Labute approximate surface area is 197 Å². The second-order valence-electron chi connectivity index (χ2n) is 8.62. The lowest BCUT2D eigenvalue weighted by Crippen LogP contribution is -2.49. The van der Waals surface area contributed by atoms with Crippen molar-refractivity contribution in [3.05, 3.63) is 76.6 Å². The van der Waals surface area contributed by atoms with E-state index in [4.69, 9.17) is 0 Å². The number of hydrogen-bond donors (Lipinski definition) is 0. The van der Waals surface area contributed by atoms with Crippen molar-refractivity contribution < 1.29 is 4.79 Å². The number of amides is 1. The van der Waals surface area contributed by atoms with E-state index in [2.05, 4.69) is 45.9 Å². The molecule has 1 aliphatic rings. The van der Waals surface area contributed by atoms with Crippen LogP contribution in [0.1, 0.15) is 17.5 Å². The third kappa shape index (κ3) is 4.28. The smallest absolute Gasteiger partial charge is 0.276 e. The SMILES string of the molecule is Cc1ccc(-c2cc3c(=O)n(CCC(=O)N4CCN(c5ncccn5)CC4)ccn3n2)cc1C. The van der Waals surface area contributed by atoms with Gasteiger partial charge in [0, 0.05) is 69.5 Å². The van der Waals surface area contributed by atoms with Gasteiger partial charge in [0.05, 0.1) is 5.69 Å². The first-order chi connectivity index (χ1) is 16.5. The molecule has 0 unspecified atom stereocenters. The highest BCUT2D eigenvalue weighted by Gasteiger charge is 2.22. The molecule has 4 aromatic rings. The Kier molecular flexibility index (Phi) is 5.83. The molecule has 1 fully saturated rings. The molecule has 34 heavy (non-hydrogen) atoms. The number of carbonyl (C=O) groups excluding carboxylic acids is 1. The molecule has 1 aliphatic heterocycles. The van der Waals surface area contributed by atoms with Crippen LogP contribution in [-0.2, 0) is 11.3 Å². The second-order valence-corrected chi connectivity index (χ2v) is 8.62. The van der Waals surface area contributed by atoms with Crippen LogP contribution in [0.25, 0.3) is 16.8 Å². The predicted molar refractivity (Wildman–Crippen MR) is 130 cm³/mol. The Hall–Kier alpha value is -4.01. The number of anilines is 1. The highest BCUT2D eigenvalue weighted by Crippen LogP contribution is 2.21. The quantitative estimate of drug-likeness (QED) is 0.457. The van der Waals surface area contributed by atoms with Crippen LogP contribution in [0.4, 0.5) is 5.95 Å². The van der Waals surface area contributed by atoms with Crippen molar-refractivity contribution in [2.45, 2.75) is 26.8 Å². The monoisotopic (exact) mass is 457 g/mol. The summed E-state index contributed by atoms with van der Waals surface area (Å²) < 4.78 is 3.20. The van der Waals surface area contributed by atoms with Crippen molar-refractivity contribution >= 4 is 17.4 Å². The Bertz CT molecular complexity index is 1390. The standard InChI is InChI=1S/C25H27N7O2/c1-18-4-5-20(16-19(18)2)21-17-22-24(34)30(14-15-32(22)28-21)9-6-23(33)29-10-12-31(13-11-29)25-26-7-3-8-27-25/h3-5,7-8,14-17H,6,9-13H2,1-2H3. The van der Waals surface area contributed by atoms with Gasteiger partial charge in [0.2, 0.25) is 11.9 Å². The number of fused-ring (bicyclic) bond motifs is 1. The van der Waals surface area contributed by atoms with E-state index in [1.165, 1.54) is 11.1 Å². The fourth-order valence-corrected chi connectivity index (χ4v) is 4.23. The minimum atomic E-state index is -0.149. The summed E-state index contributed by atoms with van der Waals surface area (Å²) in [6, 6.07) is 9.76. The van der Waals surface area contributed by atoms with Crippen LogP contribution in [0, 0.1) is 13.8 Å². The van der Waals surface area contributed by atoms with Gasteiger partial charge in [0.1, 0.15) is 5.52 Å². The molecular weight excluding hydrogens is 430 g/mol. The maximum Gasteiger partial charge on any atom is 0.276 e. The summed E-state index contributed by atoms with van der Waals surface area (Å²) >= 11 is 0. The predicted octanol–water partition coefficient (Wildman–Crippen LogP) is 2.31. The molecular formula is C25H27N7O2. The van der Waals surface area contributed by atoms with Crippen LogP contribution < -0.4 is 10.5 Å². The van der Waals surface area contributed by atoms with Crippen molar-refractivity contribution in [1.29, 1.82) is 0 Å². The summed E-state index contributed by atoms with van der Waals surface area (Å²) in [5.74, 6) is 0.736. The Balaban J connectivity index is 1.24. The van der Waals surface area contributed by atoms with Gasteiger partial charge in [-0.1, -0.05) is 12.1 Å². The number of hydrogen-bond acceptors (Lipinski definition) is 6. The third-order valence-electron chi connectivity index (χ3n) is 6.44. The molecule has 9 nitrogen and oxygen atoms in total. The van der Waals surface area contributed by atoms with E-state index in [1.807, 2.05) is 17.0 Å². The van der Waals surface area contributed by atoms with Gasteiger partial charge < -0.3 is 14.4 Å². The molecule has 3 aromatic heterocycles. The van der Waals surface area contributed by atoms with Gasteiger partial charge >= 0.3 is 0 Å². The largest absolute Gasteiger partial charge is 0.339 e. The van der Waals surface area contributed by atoms with E-state index >= 15 is 0 Å². The molecule has 174 valence electrons. The van der Waals surface area contributed by atoms with Gasteiger partial charge in [-0.2, -0.15) is 5.10 Å². The van der Waals surface area contributed by atoms with E-state index in [0.717, 1.165) is 11.3 Å². The Morgan fingerprint density at radius 1 is 0.971 bits per heavy atom. The van der Waals surface area contributed by atoms with Crippen LogP contribution in [-0.4, -0.2) is 61.1 Å². The second kappa shape index (κ2) is 9.09. The minimum absolute atomic E-state index is 0.0460. The van der Waals surface area contributed by atoms with E-state index in [1.54, 1.807) is 39.9 Å². The fourth-order valence-electron chi connectivity index (χ4n) is 4.23. The van der Waals surface area contributed by atoms with E-state index in [9.17, 15) is 9.59 Å². The zero-order valence-corrected chi connectivity index (χ0v) is 19.4. The summed E-state index contributed by atoms with van der Waals surface area (Å²) in [7, 11) is 0. The number of piperazine rings is 1. The summed E-state index contributed by atoms with van der Waals surface area (Å²) in [6.45, 7) is 7.09. The van der Waals surface area contributed by atoms with Crippen molar-refractivity contribution in [2.75, 3.05) is 31.1 Å². The molecule has 0 radical (unpaired) electrons. The van der Waals surface area contributed by atoms with Gasteiger partial charge in [-0.15, -0.1) is 0 Å². The lowest BCUT2D eigenvalue weighted by molar-refractivity contribution is -0.131. The fraction of sp³-hybridized carbons (Fsp3) is 0.320. The number of aryl methyl sites for hydroxylation is 3. The molecule has 0 spiro atoms. The number of nitrogens with zero attached hydrogens (tertiary/aromatic N) is 7. The van der Waals surface area contributed by atoms with E-state index in [-0.39, 0.29) is 17.9 Å². The molecule has 1 saturated heterocycles. The summed E-state index contributed by atoms with van der Waals surface area (Å²) in [6.07, 6.45) is 7.18. The van der Waals surface area contributed by atoms with Gasteiger partial charge in [-0.3, -0.25) is 9.59 Å². The zero-order chi connectivity index (χ0) is 23.7. The molecule has 0 atom stereocenters. The first kappa shape index (κ1) is 21.8. The van der Waals surface area contributed by atoms with Gasteiger partial charge in [0.15, 0.2) is 0 Å². The maximum atomic E-state index is 13.0. The van der Waals surface area contributed by atoms with Gasteiger partial charge in [-0.25, -0.2) is 14.5 Å². The van der Waals surface area contributed by atoms with Gasteiger partial charge in [0.25, 0.3) is 5.56 Å². The summed E-state index contributed by atoms with van der Waals surface area (Å²) in [5.41, 5.74) is 4.49. The van der Waals surface area contributed by atoms with E-state index in [0.29, 0.717) is 44.2 Å². The highest BCUT2D eigenvalue weighted by atomic mass is 16.2. The molecule has 0 saturated carbocycles. The molecule has 4 heterocycles. The zero-order valence-electron chi connectivity index (χ0n) is 19.4. The third-order valence-corrected chi connectivity index (χ3v) is 6.44. The van der Waals surface area contributed by atoms with E-state index < -0.39 is 0 Å². The van der Waals surface area contributed by atoms with Crippen molar-refractivity contribution in [3.8, 4) is 11.3 Å². The molecule has 9 heteroatoms. The molecule has 0 aliphatic carbocycles. The van der Waals surface area contributed by atoms with Crippen LogP contribution in [0.2, 0.25) is 0 Å². The normalized spacial score (nSPS) is 14.1. The van der Waals surface area contributed by atoms with Crippen LogP contribution in [0.15, 0.2) is 59.9 Å². The average Bonchev–Trinajstić information content (AvgIpc) is 3.31. The lowest BCUT2D eigenvalue weighted by Gasteiger charge is -2.34. The summed E-state index contributed by atoms with van der Waals surface area (Å²) in [5, 5.41) is 4.57. The van der Waals surface area contributed by atoms with Crippen LogP contribution in [0.3, 0.4) is 0 Å². The number of aromatic nitrogens is 5. The summed E-state index contributed by atoms with van der Waals surface area (Å²) in [4.78, 5) is 38.3. The van der Waals surface area contributed by atoms with Gasteiger partial charge in [-0.05, 0) is 43.2 Å². The first-order valence-corrected chi connectivity index (χ1v) is 11.5. The highest BCUT2D eigenvalue weighted by molar-refractivity contribution is 5.76. The van der Waals surface area contributed by atoms with Crippen molar-refractivity contribution in [2.24, 2.45) is 0 Å². The number of rotatable bonds is 5. The molecule has 0 bridgehead atoms. The first-order valence-electron chi connectivity index (χ1n) is 11.5. The molecule has 1 amide bonds. The Morgan fingerprint density at radius 2 is 1.74 bits per heavy atom.